The molecule has 0 atom stereocenters. The van der Waals surface area contributed by atoms with E-state index in [9.17, 15) is 0 Å². The van der Waals surface area contributed by atoms with Gasteiger partial charge >= 0.3 is 37.7 Å². The van der Waals surface area contributed by atoms with Gasteiger partial charge in [0.2, 0.25) is 0 Å². The van der Waals surface area contributed by atoms with E-state index < -0.39 is 6.16 Å². The molecule has 0 saturated carbocycles. The predicted molar refractivity (Wildman–Crippen MR) is 19.5 cm³/mol. The average Bonchev–Trinajstić information content (AvgIpc) is 1.33. The second-order valence-electron chi connectivity index (χ2n) is 0.341. The van der Waals surface area contributed by atoms with E-state index in [4.69, 9.17) is 24.9 Å². The molecule has 42 valence electrons. The van der Waals surface area contributed by atoms with Crippen molar-refractivity contribution in [2.75, 3.05) is 0 Å². The van der Waals surface area contributed by atoms with Gasteiger partial charge in [-0.3, -0.25) is 0 Å². The standard InChI is InChI=1S/CH2O3.CHO2.Ca/c2-1(3)4;2-1-3;/h(H2,2,3,4);(H,2,3);/q;-1;+2/p-2. The SMILES string of the molecule is O=C([O-])[O-].O=[C-]O.[Ca+2]. The summed E-state index contributed by atoms with van der Waals surface area (Å²) >= 11 is 0. The first-order chi connectivity index (χ1) is 3.15. The van der Waals surface area contributed by atoms with Crippen LogP contribution >= 0.6 is 0 Å². The quantitative estimate of drug-likeness (QED) is 0.285. The Morgan fingerprint density at radius 1 is 1.50 bits per heavy atom. The molecular weight excluding hydrogens is 144 g/mol. The van der Waals surface area contributed by atoms with E-state index in [1.807, 2.05) is 0 Å². The van der Waals surface area contributed by atoms with Crippen LogP contribution in [0.25, 0.3) is 0 Å². The van der Waals surface area contributed by atoms with Gasteiger partial charge in [-0.1, -0.05) is 6.47 Å². The predicted octanol–water partition coefficient (Wildman–Crippen LogP) is -3.22. The molecule has 5 nitrogen and oxygen atoms in total. The molecule has 6 heteroatoms. The zero-order valence-electron chi connectivity index (χ0n) is 3.79. The van der Waals surface area contributed by atoms with E-state index >= 15 is 0 Å². The Labute approximate surface area is 74.9 Å². The van der Waals surface area contributed by atoms with E-state index in [0.717, 1.165) is 0 Å². The van der Waals surface area contributed by atoms with Gasteiger partial charge in [-0.25, -0.2) is 0 Å². The molecule has 0 aliphatic carbocycles. The van der Waals surface area contributed by atoms with Gasteiger partial charge in [0.05, 0.1) is 0 Å². The molecule has 0 fully saturated rings. The molecule has 0 aromatic rings. The fraction of sp³-hybridized carbons (Fsp3) is 0. The number of rotatable bonds is 0. The molecule has 0 aliphatic heterocycles. The third-order valence-corrected chi connectivity index (χ3v) is 0. The topological polar surface area (TPSA) is 100 Å². The van der Waals surface area contributed by atoms with Crippen molar-refractivity contribution in [2.45, 2.75) is 0 Å². The summed E-state index contributed by atoms with van der Waals surface area (Å²) in [6, 6.07) is 0. The second kappa shape index (κ2) is 15.8. The van der Waals surface area contributed by atoms with Gasteiger partial charge in [-0.15, -0.1) is 0 Å². The van der Waals surface area contributed by atoms with Crippen LogP contribution in [0.15, 0.2) is 0 Å². The first-order valence-corrected chi connectivity index (χ1v) is 1.04. The molecule has 8 heavy (non-hydrogen) atoms. The second-order valence-corrected chi connectivity index (χ2v) is 0.341. The van der Waals surface area contributed by atoms with Crippen LogP contribution in [0.5, 0.6) is 0 Å². The summed E-state index contributed by atoms with van der Waals surface area (Å²) in [5.41, 5.74) is 0. The van der Waals surface area contributed by atoms with Crippen LogP contribution in [0, 0.1) is 0 Å². The summed E-state index contributed by atoms with van der Waals surface area (Å²) in [6.07, 6.45) is -2.33. The molecule has 0 heterocycles. The van der Waals surface area contributed by atoms with Gasteiger partial charge in [0.25, 0.3) is 0 Å². The van der Waals surface area contributed by atoms with Gasteiger partial charge in [0.15, 0.2) is 0 Å². The Bertz CT molecular complexity index is 57.4. The van der Waals surface area contributed by atoms with Crippen molar-refractivity contribution in [3.63, 3.8) is 0 Å². The summed E-state index contributed by atoms with van der Waals surface area (Å²) in [5.74, 6) is 0. The van der Waals surface area contributed by atoms with Gasteiger partial charge in [0.1, 0.15) is 0 Å². The Balaban J connectivity index is -0.0000000575. The molecule has 0 rings (SSSR count). The van der Waals surface area contributed by atoms with Gasteiger partial charge in [0, 0.05) is 0 Å². The molecule has 0 saturated heterocycles. The van der Waals surface area contributed by atoms with Gasteiger partial charge in [-0.2, -0.15) is 0 Å². The van der Waals surface area contributed by atoms with Crippen LogP contribution in [-0.2, 0) is 4.79 Å². The van der Waals surface area contributed by atoms with Crippen LogP contribution in [0.3, 0.4) is 0 Å². The number of aliphatic hydroxyl groups excluding tert-OH is 1. The normalized spacial score (nSPS) is 4.50. The minimum absolute atomic E-state index is 0. The van der Waals surface area contributed by atoms with E-state index in [2.05, 4.69) is 0 Å². The smallest absolute Gasteiger partial charge is 0.665 e. The van der Waals surface area contributed by atoms with E-state index in [1.54, 1.807) is 0 Å². The summed E-state index contributed by atoms with van der Waals surface area (Å²) < 4.78 is 0. The van der Waals surface area contributed by atoms with E-state index in [0.29, 0.717) is 6.47 Å². The minimum Gasteiger partial charge on any atom is -0.665 e. The molecule has 0 radical (unpaired) electrons. The minimum atomic E-state index is -2.33. The van der Waals surface area contributed by atoms with Crippen molar-refractivity contribution in [3.05, 3.63) is 0 Å². The molecule has 0 aromatic heterocycles. The number of carboxylic acid groups (broad SMARTS) is 2. The largest absolute Gasteiger partial charge is 2.00 e. The molecule has 0 aliphatic rings. The van der Waals surface area contributed by atoms with E-state index in [1.165, 1.54) is 0 Å². The first-order valence-electron chi connectivity index (χ1n) is 1.04. The first kappa shape index (κ1) is 15.7. The fourth-order valence-corrected chi connectivity index (χ4v) is 0. The third-order valence-electron chi connectivity index (χ3n) is 0. The molecule has 1 N–H and O–H groups in total. The third kappa shape index (κ3) is 2220000000. The number of carbonyl (C=O) groups excluding carboxylic acids is 1. The van der Waals surface area contributed by atoms with Crippen molar-refractivity contribution in [1.29, 1.82) is 0 Å². The summed E-state index contributed by atoms with van der Waals surface area (Å²) in [7, 11) is 0. The van der Waals surface area contributed by atoms with Crippen LogP contribution in [0.1, 0.15) is 0 Å². The number of hydrogen-bond donors (Lipinski definition) is 1. The van der Waals surface area contributed by atoms with Crippen LogP contribution in [0.4, 0.5) is 4.79 Å². The molecule has 0 bridgehead atoms. The maximum absolute atomic E-state index is 8.33. The van der Waals surface area contributed by atoms with Crippen LogP contribution in [0.2, 0.25) is 0 Å². The molecular formula is C2HCaO5-. The maximum atomic E-state index is 8.33. The molecule has 0 aromatic carbocycles. The number of carbonyl (C=O) groups is 1. The summed E-state index contributed by atoms with van der Waals surface area (Å²) in [4.78, 5) is 16.6. The zero-order valence-corrected chi connectivity index (χ0v) is 6.00. The monoisotopic (exact) mass is 145 g/mol. The van der Waals surface area contributed by atoms with Crippen molar-refractivity contribution in [3.8, 4) is 0 Å². The van der Waals surface area contributed by atoms with Crippen molar-refractivity contribution >= 4 is 50.4 Å². The van der Waals surface area contributed by atoms with E-state index in [-0.39, 0.29) is 37.7 Å². The number of hydrogen-bond acceptors (Lipinski definition) is 4. The van der Waals surface area contributed by atoms with Crippen LogP contribution in [-0.4, -0.2) is 55.5 Å². The van der Waals surface area contributed by atoms with Crippen molar-refractivity contribution < 1.29 is 24.9 Å². The van der Waals surface area contributed by atoms with Gasteiger partial charge in [-0.05, 0) is 6.16 Å². The summed E-state index contributed by atoms with van der Waals surface area (Å²) in [5, 5.41) is 23.4. The average molecular weight is 145 g/mol. The fourth-order valence-electron chi connectivity index (χ4n) is 0. The Morgan fingerprint density at radius 3 is 1.50 bits per heavy atom. The maximum Gasteiger partial charge on any atom is 2.00 e. The zero-order chi connectivity index (χ0) is 6.28. The van der Waals surface area contributed by atoms with Crippen molar-refractivity contribution in [1.82, 2.24) is 0 Å². The Morgan fingerprint density at radius 2 is 1.50 bits per heavy atom. The Hall–Kier alpha value is -0.000260. The molecule has 0 unspecified atom stereocenters. The Kier molecular flexibility index (Phi) is 30.9. The van der Waals surface area contributed by atoms with Crippen LogP contribution < -0.4 is 10.2 Å². The van der Waals surface area contributed by atoms with Gasteiger partial charge < -0.3 is 24.9 Å². The summed E-state index contributed by atoms with van der Waals surface area (Å²) in [6.45, 7) is 0.500. The molecule has 0 amide bonds. The molecule has 0 spiro atoms. The van der Waals surface area contributed by atoms with Crippen molar-refractivity contribution in [2.24, 2.45) is 0 Å².